The van der Waals surface area contributed by atoms with Gasteiger partial charge in [0.25, 0.3) is 10.6 Å². The van der Waals surface area contributed by atoms with Gasteiger partial charge in [0.2, 0.25) is 0 Å². The van der Waals surface area contributed by atoms with Crippen molar-refractivity contribution in [2.75, 3.05) is 11.9 Å². The minimum atomic E-state index is 0. The summed E-state index contributed by atoms with van der Waals surface area (Å²) in [6.07, 6.45) is 4.24. The minimum absolute atomic E-state index is 0. The van der Waals surface area contributed by atoms with Gasteiger partial charge in [-0.3, -0.25) is 9.36 Å². The third kappa shape index (κ3) is 4.66. The number of hydrogen-bond acceptors (Lipinski definition) is 5. The van der Waals surface area contributed by atoms with Crippen LogP contribution in [0.2, 0.25) is 5.02 Å². The molecule has 4 aromatic rings. The summed E-state index contributed by atoms with van der Waals surface area (Å²) < 4.78 is 5.83. The number of hydrogen-bond donors (Lipinski definition) is 0. The molecule has 4 nitrogen and oxygen atoms in total. The quantitative estimate of drug-likeness (QED) is 0.368. The van der Waals surface area contributed by atoms with Crippen molar-refractivity contribution >= 4 is 62.8 Å². The molecule has 1 aliphatic rings. The molecular weight excluding hydrogens is 513 g/mol. The van der Waals surface area contributed by atoms with E-state index in [1.54, 1.807) is 34.4 Å². The number of nitrogens with zero attached hydrogens (tertiary/aromatic N) is 3. The number of thioether (sulfide) groups is 1. The average molecular weight is 535 g/mol. The number of halogens is 2. The summed E-state index contributed by atoms with van der Waals surface area (Å²) in [5.41, 5.74) is 2.35. The van der Waals surface area contributed by atoms with Crippen LogP contribution in [-0.4, -0.2) is 11.6 Å². The highest BCUT2D eigenvalue weighted by Gasteiger charge is 2.25. The maximum Gasteiger partial charge on any atom is 0.271 e. The summed E-state index contributed by atoms with van der Waals surface area (Å²) in [5, 5.41) is 4.87. The number of anilines is 1. The molecule has 9 heteroatoms. The van der Waals surface area contributed by atoms with Gasteiger partial charge in [-0.1, -0.05) is 65.0 Å². The molecule has 170 valence electrons. The Bertz CT molecular complexity index is 1470. The number of thiazole rings is 2. The molecule has 33 heavy (non-hydrogen) atoms. The molecular formula is C24H21Cl2N3OS3. The zero-order valence-electron chi connectivity index (χ0n) is 18.0. The normalized spacial score (nSPS) is 15.0. The molecule has 0 saturated carbocycles. The summed E-state index contributed by atoms with van der Waals surface area (Å²) in [7, 11) is 2.00. The first-order valence-corrected chi connectivity index (χ1v) is 13.1. The molecule has 3 heterocycles. The Morgan fingerprint density at radius 3 is 2.70 bits per heavy atom. The molecule has 2 aromatic carbocycles. The predicted octanol–water partition coefficient (Wildman–Crippen LogP) is 1.12. The Morgan fingerprint density at radius 2 is 1.94 bits per heavy atom. The molecule has 0 fully saturated rings. The molecule has 0 saturated heterocycles. The van der Waals surface area contributed by atoms with Crippen molar-refractivity contribution in [2.24, 2.45) is 0 Å². The van der Waals surface area contributed by atoms with Gasteiger partial charge < -0.3 is 17.3 Å². The van der Waals surface area contributed by atoms with Crippen LogP contribution in [0.25, 0.3) is 11.1 Å². The van der Waals surface area contributed by atoms with E-state index in [2.05, 4.69) is 51.4 Å². The highest BCUT2D eigenvalue weighted by Crippen LogP contribution is 2.46. The van der Waals surface area contributed by atoms with Crippen LogP contribution in [0, 0.1) is 0 Å². The molecule has 0 aliphatic carbocycles. The van der Waals surface area contributed by atoms with E-state index in [0.717, 1.165) is 36.4 Å². The monoisotopic (exact) mass is 533 g/mol. The van der Waals surface area contributed by atoms with E-state index < -0.39 is 0 Å². The van der Waals surface area contributed by atoms with E-state index in [1.165, 1.54) is 5.56 Å². The molecule has 0 bridgehead atoms. The highest BCUT2D eigenvalue weighted by atomic mass is 35.5. The fraction of sp³-hybridized carbons (Fsp3) is 0.167. The van der Waals surface area contributed by atoms with Crippen molar-refractivity contribution in [3.63, 3.8) is 0 Å². The topological polar surface area (TPSA) is 29.1 Å². The second-order valence-electron chi connectivity index (χ2n) is 7.40. The number of fused-ring (bicyclic) bond motifs is 1. The molecule has 0 atom stereocenters. The van der Waals surface area contributed by atoms with E-state index in [0.29, 0.717) is 11.6 Å². The van der Waals surface area contributed by atoms with Crippen LogP contribution in [0.15, 0.2) is 69.8 Å². The van der Waals surface area contributed by atoms with Crippen molar-refractivity contribution in [2.45, 2.75) is 24.9 Å². The summed E-state index contributed by atoms with van der Waals surface area (Å²) in [6.45, 7) is 3.45. The van der Waals surface area contributed by atoms with Crippen molar-refractivity contribution in [3.05, 3.63) is 95.3 Å². The van der Waals surface area contributed by atoms with Crippen LogP contribution >= 0.6 is 46.0 Å². The van der Waals surface area contributed by atoms with Crippen molar-refractivity contribution in [1.82, 2.24) is 4.57 Å². The SMILES string of the molecule is CCn1c(=O)/c(=C2\Sc3ccc(Cl)cc3N2C)s/c1=C\c1scc[n+]1Cc1ccccc1.[Cl-]. The number of rotatable bonds is 4. The Hall–Kier alpha value is -2.03. The van der Waals surface area contributed by atoms with E-state index in [-0.39, 0.29) is 18.0 Å². The van der Waals surface area contributed by atoms with Crippen LogP contribution < -0.4 is 36.6 Å². The maximum absolute atomic E-state index is 13.3. The summed E-state index contributed by atoms with van der Waals surface area (Å²) >= 11 is 11.1. The standard InChI is InChI=1S/C24H21ClN3OS3.ClH/c1-3-28-21(14-20-27(11-12-30-20)15-16-7-5-4-6-8-16)32-22(23(28)29)24-26(2)18-13-17(25)9-10-19(18)31-24;/h4-14H,3,15H2,1-2H3;1H/q+1;/p-1/b24-22+;. The molecule has 5 rings (SSSR count). The first-order chi connectivity index (χ1) is 15.5. The van der Waals surface area contributed by atoms with Gasteiger partial charge in [-0.15, -0.1) is 11.3 Å². The van der Waals surface area contributed by atoms with Gasteiger partial charge >= 0.3 is 0 Å². The fourth-order valence-electron chi connectivity index (χ4n) is 3.74. The molecule has 0 amide bonds. The van der Waals surface area contributed by atoms with Crippen LogP contribution in [0.1, 0.15) is 17.5 Å². The largest absolute Gasteiger partial charge is 1.00 e. The number of benzene rings is 2. The number of aromatic nitrogens is 2. The summed E-state index contributed by atoms with van der Waals surface area (Å²) in [6, 6.07) is 16.3. The molecule has 0 radical (unpaired) electrons. The second kappa shape index (κ2) is 10.1. The Labute approximate surface area is 215 Å². The van der Waals surface area contributed by atoms with Gasteiger partial charge in [-0.25, -0.2) is 0 Å². The molecule has 0 N–H and O–H groups in total. The van der Waals surface area contributed by atoms with Crippen LogP contribution in [0.3, 0.4) is 0 Å². The smallest absolute Gasteiger partial charge is 0.271 e. The third-order valence-electron chi connectivity index (χ3n) is 5.37. The predicted molar refractivity (Wildman–Crippen MR) is 136 cm³/mol. The average Bonchev–Trinajstić information content (AvgIpc) is 3.45. The summed E-state index contributed by atoms with van der Waals surface area (Å²) in [4.78, 5) is 16.5. The lowest BCUT2D eigenvalue weighted by Gasteiger charge is -2.12. The first-order valence-electron chi connectivity index (χ1n) is 10.2. The highest BCUT2D eigenvalue weighted by molar-refractivity contribution is 8.08. The Morgan fingerprint density at radius 1 is 1.15 bits per heavy atom. The van der Waals surface area contributed by atoms with Crippen molar-refractivity contribution < 1.29 is 17.0 Å². The molecule has 0 spiro atoms. The first kappa shape index (κ1) is 24.1. The zero-order valence-corrected chi connectivity index (χ0v) is 22.0. The van der Waals surface area contributed by atoms with Crippen molar-refractivity contribution in [3.8, 4) is 0 Å². The van der Waals surface area contributed by atoms with E-state index in [1.807, 2.05) is 42.8 Å². The lowest BCUT2D eigenvalue weighted by molar-refractivity contribution is -0.685. The van der Waals surface area contributed by atoms with Gasteiger partial charge in [-0.2, -0.15) is 4.57 Å². The molecule has 1 aliphatic heterocycles. The van der Waals surface area contributed by atoms with E-state index in [9.17, 15) is 4.79 Å². The van der Waals surface area contributed by atoms with Crippen molar-refractivity contribution in [1.29, 1.82) is 0 Å². The molecule has 0 unspecified atom stereocenters. The Balaban J connectivity index is 0.00000259. The van der Waals surface area contributed by atoms with E-state index in [4.69, 9.17) is 11.6 Å². The fourth-order valence-corrected chi connectivity index (χ4v) is 7.20. The van der Waals surface area contributed by atoms with Gasteiger partial charge in [0.15, 0.2) is 12.7 Å². The lowest BCUT2D eigenvalue weighted by Crippen LogP contribution is -3.00. The minimum Gasteiger partial charge on any atom is -1.00 e. The second-order valence-corrected chi connectivity index (χ2v) is 10.8. The van der Waals surface area contributed by atoms with Gasteiger partial charge in [0, 0.05) is 29.1 Å². The zero-order chi connectivity index (χ0) is 22.2. The lowest BCUT2D eigenvalue weighted by atomic mass is 10.2. The molecule has 2 aromatic heterocycles. The van der Waals surface area contributed by atoms with E-state index >= 15 is 0 Å². The van der Waals surface area contributed by atoms with Crippen LogP contribution in [0.4, 0.5) is 5.69 Å². The Kier molecular flexibility index (Phi) is 7.36. The summed E-state index contributed by atoms with van der Waals surface area (Å²) in [5.74, 6) is 0. The van der Waals surface area contributed by atoms with Gasteiger partial charge in [-0.05, 0) is 25.1 Å². The van der Waals surface area contributed by atoms with Crippen LogP contribution in [-0.2, 0) is 13.1 Å². The van der Waals surface area contributed by atoms with Crippen LogP contribution in [0.5, 0.6) is 0 Å². The van der Waals surface area contributed by atoms with Gasteiger partial charge in [0.05, 0.1) is 17.1 Å². The third-order valence-corrected chi connectivity index (χ3v) is 8.94. The van der Waals surface area contributed by atoms with Gasteiger partial charge in [0.1, 0.15) is 14.2 Å². The maximum atomic E-state index is 13.3.